The van der Waals surface area contributed by atoms with Crippen LogP contribution in [-0.2, 0) is 6.54 Å². The molecule has 96 valence electrons. The Balaban J connectivity index is 2.05. The Kier molecular flexibility index (Phi) is 4.79. The van der Waals surface area contributed by atoms with E-state index in [0.29, 0.717) is 23.3 Å². The zero-order valence-electron chi connectivity index (χ0n) is 9.70. The third-order valence-corrected chi connectivity index (χ3v) is 4.11. The molecule has 0 atom stereocenters. The topological polar surface area (TPSA) is 49.8 Å². The number of aromatic nitrogens is 2. The number of halogens is 2. The van der Waals surface area contributed by atoms with E-state index >= 15 is 0 Å². The summed E-state index contributed by atoms with van der Waals surface area (Å²) >= 11 is 11.2. The van der Waals surface area contributed by atoms with Crippen molar-refractivity contribution < 1.29 is 0 Å². The summed E-state index contributed by atoms with van der Waals surface area (Å²) in [5, 5.41) is 8.82. The predicted molar refractivity (Wildman–Crippen MR) is 80.6 cm³/mol. The van der Waals surface area contributed by atoms with Gasteiger partial charge in [-0.25, -0.2) is 4.98 Å². The van der Waals surface area contributed by atoms with Gasteiger partial charge in [0.15, 0.2) is 5.82 Å². The first-order chi connectivity index (χ1) is 8.69. The Morgan fingerprint density at radius 1 is 1.44 bits per heavy atom. The lowest BCUT2D eigenvalue weighted by Crippen LogP contribution is -2.06. The van der Waals surface area contributed by atoms with Crippen LogP contribution in [0.15, 0.2) is 22.1 Å². The summed E-state index contributed by atoms with van der Waals surface area (Å²) < 4.78 is 1.09. The van der Waals surface area contributed by atoms with Crippen LogP contribution in [0.5, 0.6) is 0 Å². The smallest absolute Gasteiger partial charge is 0.224 e. The van der Waals surface area contributed by atoms with E-state index in [2.05, 4.69) is 42.6 Å². The van der Waals surface area contributed by atoms with Gasteiger partial charge in [-0.1, -0.05) is 11.6 Å². The van der Waals surface area contributed by atoms with E-state index in [0.717, 1.165) is 11.0 Å². The highest BCUT2D eigenvalue weighted by Gasteiger charge is 2.05. The molecule has 0 aliphatic carbocycles. The Morgan fingerprint density at radius 3 is 2.94 bits per heavy atom. The van der Waals surface area contributed by atoms with E-state index < -0.39 is 0 Å². The molecular formula is C11H12BrClN4S. The molecule has 2 N–H and O–H groups in total. The minimum absolute atomic E-state index is 0.521. The lowest BCUT2D eigenvalue weighted by atomic mass is 10.4. The van der Waals surface area contributed by atoms with E-state index in [-0.39, 0.29) is 0 Å². The van der Waals surface area contributed by atoms with Crippen LogP contribution in [-0.4, -0.2) is 16.5 Å². The largest absolute Gasteiger partial charge is 0.364 e. The molecule has 0 saturated carbocycles. The van der Waals surface area contributed by atoms with Gasteiger partial charge in [-0.3, -0.25) is 0 Å². The van der Waals surface area contributed by atoms with Crippen molar-refractivity contribution in [2.24, 2.45) is 0 Å². The first kappa shape index (κ1) is 13.6. The average molecular weight is 348 g/mol. The molecule has 0 fully saturated rings. The van der Waals surface area contributed by atoms with Gasteiger partial charge in [0.25, 0.3) is 0 Å². The standard InChI is InChI=1S/C11H12BrClN4S/c1-2-14-11-16-5-9(13)10(17-11)15-4-8-3-7(12)6-18-8/h3,5-6H,2,4H2,1H3,(H2,14,15,16,17). The van der Waals surface area contributed by atoms with E-state index in [9.17, 15) is 0 Å². The fourth-order valence-electron chi connectivity index (χ4n) is 1.35. The van der Waals surface area contributed by atoms with Crippen LogP contribution >= 0.6 is 38.9 Å². The minimum atomic E-state index is 0.521. The van der Waals surface area contributed by atoms with Gasteiger partial charge >= 0.3 is 0 Å². The number of thiophene rings is 1. The van der Waals surface area contributed by atoms with Crippen LogP contribution in [0.3, 0.4) is 0 Å². The fraction of sp³-hybridized carbons (Fsp3) is 0.273. The summed E-state index contributed by atoms with van der Waals surface area (Å²) in [4.78, 5) is 9.61. The van der Waals surface area contributed by atoms with Crippen LogP contribution in [0.4, 0.5) is 11.8 Å². The predicted octanol–water partition coefficient (Wildman–Crippen LogP) is 4.00. The number of nitrogens with one attached hydrogen (secondary N) is 2. The Hall–Kier alpha value is -0.850. The van der Waals surface area contributed by atoms with Gasteiger partial charge in [0.1, 0.15) is 5.02 Å². The van der Waals surface area contributed by atoms with Gasteiger partial charge in [0.2, 0.25) is 5.95 Å². The van der Waals surface area contributed by atoms with Crippen molar-refractivity contribution in [3.05, 3.63) is 32.0 Å². The molecule has 0 aliphatic rings. The maximum absolute atomic E-state index is 6.05. The first-order valence-corrected chi connectivity index (χ1v) is 7.47. The maximum atomic E-state index is 6.05. The van der Waals surface area contributed by atoms with Crippen molar-refractivity contribution in [1.82, 2.24) is 9.97 Å². The Morgan fingerprint density at radius 2 is 2.28 bits per heavy atom. The Bertz CT molecular complexity index is 532. The molecule has 2 rings (SSSR count). The highest BCUT2D eigenvalue weighted by molar-refractivity contribution is 9.10. The summed E-state index contributed by atoms with van der Waals surface area (Å²) in [7, 11) is 0. The third kappa shape index (κ3) is 3.57. The van der Waals surface area contributed by atoms with Crippen LogP contribution in [0.2, 0.25) is 5.02 Å². The van der Waals surface area contributed by atoms with Gasteiger partial charge in [0, 0.05) is 21.3 Å². The molecule has 7 heteroatoms. The summed E-state index contributed by atoms with van der Waals surface area (Å²) in [6.07, 6.45) is 1.60. The number of hydrogen-bond acceptors (Lipinski definition) is 5. The average Bonchev–Trinajstić information content (AvgIpc) is 2.76. The molecule has 0 bridgehead atoms. The molecule has 2 heterocycles. The number of hydrogen-bond donors (Lipinski definition) is 2. The van der Waals surface area contributed by atoms with Crippen LogP contribution in [0, 0.1) is 0 Å². The van der Waals surface area contributed by atoms with Crippen LogP contribution in [0.25, 0.3) is 0 Å². The van der Waals surface area contributed by atoms with Gasteiger partial charge in [-0.15, -0.1) is 11.3 Å². The van der Waals surface area contributed by atoms with E-state index in [1.165, 1.54) is 4.88 Å². The molecule has 4 nitrogen and oxygen atoms in total. The maximum Gasteiger partial charge on any atom is 0.224 e. The van der Waals surface area contributed by atoms with Crippen molar-refractivity contribution in [2.75, 3.05) is 17.2 Å². The number of anilines is 2. The zero-order valence-corrected chi connectivity index (χ0v) is 12.9. The van der Waals surface area contributed by atoms with Crippen molar-refractivity contribution in [3.8, 4) is 0 Å². The van der Waals surface area contributed by atoms with Crippen molar-refractivity contribution in [2.45, 2.75) is 13.5 Å². The molecule has 0 aromatic carbocycles. The van der Waals surface area contributed by atoms with E-state index in [4.69, 9.17) is 11.6 Å². The van der Waals surface area contributed by atoms with Gasteiger partial charge in [-0.2, -0.15) is 4.98 Å². The second-order valence-corrected chi connectivity index (χ2v) is 5.82. The molecule has 0 amide bonds. The lowest BCUT2D eigenvalue weighted by molar-refractivity contribution is 1.06. The minimum Gasteiger partial charge on any atom is -0.364 e. The highest BCUT2D eigenvalue weighted by Crippen LogP contribution is 2.23. The van der Waals surface area contributed by atoms with Crippen molar-refractivity contribution in [1.29, 1.82) is 0 Å². The molecule has 0 spiro atoms. The summed E-state index contributed by atoms with van der Waals surface area (Å²) in [5.41, 5.74) is 0. The lowest BCUT2D eigenvalue weighted by Gasteiger charge is -2.08. The number of rotatable bonds is 5. The van der Waals surface area contributed by atoms with Gasteiger partial charge in [0.05, 0.1) is 12.7 Å². The molecule has 0 radical (unpaired) electrons. The Labute approximate surface area is 123 Å². The van der Waals surface area contributed by atoms with Crippen LogP contribution < -0.4 is 10.6 Å². The zero-order chi connectivity index (χ0) is 13.0. The molecule has 18 heavy (non-hydrogen) atoms. The van der Waals surface area contributed by atoms with E-state index in [1.54, 1.807) is 17.5 Å². The van der Waals surface area contributed by atoms with Crippen molar-refractivity contribution in [3.63, 3.8) is 0 Å². The second kappa shape index (κ2) is 6.36. The molecule has 0 aliphatic heterocycles. The highest BCUT2D eigenvalue weighted by atomic mass is 79.9. The summed E-state index contributed by atoms with van der Waals surface area (Å²) in [5.74, 6) is 1.23. The van der Waals surface area contributed by atoms with Crippen LogP contribution in [0.1, 0.15) is 11.8 Å². The summed E-state index contributed by atoms with van der Waals surface area (Å²) in [6.45, 7) is 3.46. The molecule has 0 unspecified atom stereocenters. The molecule has 2 aromatic rings. The molecular weight excluding hydrogens is 336 g/mol. The fourth-order valence-corrected chi connectivity index (χ4v) is 2.90. The summed E-state index contributed by atoms with van der Waals surface area (Å²) in [6, 6.07) is 2.07. The SMILES string of the molecule is CCNc1ncc(Cl)c(NCc2cc(Br)cs2)n1. The second-order valence-electron chi connectivity index (χ2n) is 3.51. The van der Waals surface area contributed by atoms with Crippen molar-refractivity contribution >= 4 is 50.6 Å². The number of nitrogens with zero attached hydrogens (tertiary/aromatic N) is 2. The van der Waals surface area contributed by atoms with E-state index in [1.807, 2.05) is 12.3 Å². The quantitative estimate of drug-likeness (QED) is 0.858. The van der Waals surface area contributed by atoms with Gasteiger partial charge < -0.3 is 10.6 Å². The molecule has 0 saturated heterocycles. The monoisotopic (exact) mass is 346 g/mol. The first-order valence-electron chi connectivity index (χ1n) is 5.42. The van der Waals surface area contributed by atoms with Gasteiger partial charge in [-0.05, 0) is 28.9 Å². The normalized spacial score (nSPS) is 10.4. The third-order valence-electron chi connectivity index (χ3n) is 2.13. The molecule has 2 aromatic heterocycles.